The van der Waals surface area contributed by atoms with E-state index >= 15 is 0 Å². The van der Waals surface area contributed by atoms with E-state index in [1.165, 1.54) is 11.3 Å². The van der Waals surface area contributed by atoms with Crippen molar-refractivity contribution in [3.05, 3.63) is 66.2 Å². The summed E-state index contributed by atoms with van der Waals surface area (Å²) in [5, 5.41) is 0.642. The van der Waals surface area contributed by atoms with E-state index in [0.29, 0.717) is 29.5 Å². The van der Waals surface area contributed by atoms with Crippen molar-refractivity contribution in [2.24, 2.45) is 0 Å². The van der Waals surface area contributed by atoms with E-state index in [1.807, 2.05) is 42.5 Å². The number of rotatable bonds is 7. The molecule has 0 saturated heterocycles. The first-order valence-electron chi connectivity index (χ1n) is 9.35. The first-order valence-corrected chi connectivity index (χ1v) is 10.2. The van der Waals surface area contributed by atoms with Gasteiger partial charge in [0, 0.05) is 36.9 Å². The number of para-hydroxylation sites is 1. The van der Waals surface area contributed by atoms with Gasteiger partial charge in [-0.05, 0) is 18.2 Å². The van der Waals surface area contributed by atoms with Crippen LogP contribution in [0.5, 0.6) is 0 Å². The van der Waals surface area contributed by atoms with Crippen molar-refractivity contribution in [1.82, 2.24) is 9.88 Å². The molecule has 0 atom stereocenters. The molecule has 1 aliphatic rings. The van der Waals surface area contributed by atoms with Gasteiger partial charge in [-0.3, -0.25) is 14.5 Å². The summed E-state index contributed by atoms with van der Waals surface area (Å²) in [6, 6.07) is 15.2. The van der Waals surface area contributed by atoms with Gasteiger partial charge < -0.3 is 9.64 Å². The molecule has 148 valence electrons. The molecule has 2 heterocycles. The zero-order valence-corrected chi connectivity index (χ0v) is 16.9. The molecule has 0 unspecified atom stereocenters. The Labute approximate surface area is 173 Å². The van der Waals surface area contributed by atoms with E-state index in [4.69, 9.17) is 4.74 Å². The molecule has 2 amide bonds. The number of amides is 2. The van der Waals surface area contributed by atoms with Crippen LogP contribution in [0.25, 0.3) is 15.9 Å². The van der Waals surface area contributed by atoms with Crippen LogP contribution in [0, 0.1) is 0 Å². The lowest BCUT2D eigenvalue weighted by molar-refractivity contribution is -0.118. The number of benzene rings is 2. The first kappa shape index (κ1) is 19.3. The topological polar surface area (TPSA) is 62.7 Å². The number of aromatic nitrogens is 1. The molecule has 1 aromatic heterocycles. The normalized spacial score (nSPS) is 13.2. The Bertz CT molecular complexity index is 1020. The minimum atomic E-state index is -0.109. The molecular weight excluding hydrogens is 386 g/mol. The van der Waals surface area contributed by atoms with Gasteiger partial charge in [0.05, 0.1) is 23.4 Å². The monoisotopic (exact) mass is 407 g/mol. The van der Waals surface area contributed by atoms with Crippen LogP contribution in [-0.2, 0) is 9.53 Å². The molecule has 3 aromatic rings. The number of anilines is 1. The Kier molecular flexibility index (Phi) is 5.42. The average Bonchev–Trinajstić information content (AvgIpc) is 3.27. The van der Waals surface area contributed by atoms with E-state index < -0.39 is 0 Å². The molecule has 29 heavy (non-hydrogen) atoms. The number of carbonyl (C=O) groups excluding carboxylic acids is 2. The average molecular weight is 407 g/mol. The van der Waals surface area contributed by atoms with E-state index in [-0.39, 0.29) is 24.8 Å². The smallest absolute Gasteiger partial charge is 0.258 e. The predicted octanol–water partition coefficient (Wildman–Crippen LogP) is 3.79. The number of hydrogen-bond donors (Lipinski definition) is 0. The van der Waals surface area contributed by atoms with Crippen LogP contribution in [0.2, 0.25) is 0 Å². The number of hydrogen-bond acceptors (Lipinski definition) is 5. The molecule has 0 fully saturated rings. The van der Waals surface area contributed by atoms with Crippen molar-refractivity contribution < 1.29 is 14.3 Å². The minimum absolute atomic E-state index is 0.0994. The molecule has 6 nitrogen and oxygen atoms in total. The summed E-state index contributed by atoms with van der Waals surface area (Å²) in [6.07, 6.45) is 0.179. The van der Waals surface area contributed by atoms with Gasteiger partial charge in [-0.25, -0.2) is 4.98 Å². The second kappa shape index (κ2) is 8.14. The second-order valence-corrected chi connectivity index (χ2v) is 7.71. The van der Waals surface area contributed by atoms with Crippen molar-refractivity contribution in [2.45, 2.75) is 6.42 Å². The highest BCUT2D eigenvalue weighted by Gasteiger charge is 2.31. The van der Waals surface area contributed by atoms with Crippen molar-refractivity contribution in [3.63, 3.8) is 0 Å². The first-order chi connectivity index (χ1) is 14.1. The number of carbonyl (C=O) groups is 2. The molecule has 1 aliphatic heterocycles. The van der Waals surface area contributed by atoms with Crippen molar-refractivity contribution in [3.8, 4) is 0 Å². The van der Waals surface area contributed by atoms with E-state index in [0.717, 1.165) is 15.8 Å². The Balaban J connectivity index is 1.50. The van der Waals surface area contributed by atoms with E-state index in [2.05, 4.69) is 11.6 Å². The van der Waals surface area contributed by atoms with Crippen LogP contribution in [-0.4, -0.2) is 48.5 Å². The Morgan fingerprint density at radius 1 is 1.17 bits per heavy atom. The predicted molar refractivity (Wildman–Crippen MR) is 115 cm³/mol. The molecule has 0 N–H and O–H groups in total. The molecule has 0 aliphatic carbocycles. The van der Waals surface area contributed by atoms with Gasteiger partial charge in [0.25, 0.3) is 5.91 Å². The number of fused-ring (bicyclic) bond motifs is 2. The lowest BCUT2D eigenvalue weighted by Gasteiger charge is -2.22. The molecule has 0 radical (unpaired) electrons. The van der Waals surface area contributed by atoms with Gasteiger partial charge in [-0.2, -0.15) is 0 Å². The van der Waals surface area contributed by atoms with Gasteiger partial charge in [0.15, 0.2) is 5.13 Å². The number of nitrogens with zero attached hydrogens (tertiary/aromatic N) is 3. The van der Waals surface area contributed by atoms with Gasteiger partial charge in [-0.1, -0.05) is 48.2 Å². The Hall–Kier alpha value is -3.03. The number of thiazole rings is 1. The van der Waals surface area contributed by atoms with Crippen LogP contribution in [0.1, 0.15) is 22.3 Å². The molecule has 2 aromatic carbocycles. The summed E-state index contributed by atoms with van der Waals surface area (Å²) >= 11 is 1.47. The van der Waals surface area contributed by atoms with E-state index in [9.17, 15) is 9.59 Å². The van der Waals surface area contributed by atoms with Crippen molar-refractivity contribution in [2.75, 3.05) is 31.7 Å². The SMILES string of the molecule is C=C1c2ccccc2C(=O)N1CCC(=O)N(CCOC)c1nc2ccccc2s1. The number of ether oxygens (including phenoxy) is 1. The van der Waals surface area contributed by atoms with E-state index in [1.54, 1.807) is 23.0 Å². The summed E-state index contributed by atoms with van der Waals surface area (Å²) in [5.41, 5.74) is 2.96. The zero-order valence-electron chi connectivity index (χ0n) is 16.1. The fourth-order valence-electron chi connectivity index (χ4n) is 3.40. The maximum absolute atomic E-state index is 13.0. The standard InChI is InChI=1S/C22H21N3O3S/c1-15-16-7-3-4-8-17(16)21(27)24(15)12-11-20(26)25(13-14-28-2)22-23-18-9-5-6-10-19(18)29-22/h3-10H,1,11-14H2,2H3. The lowest BCUT2D eigenvalue weighted by atomic mass is 10.1. The molecule has 4 rings (SSSR count). The molecule has 0 bridgehead atoms. The largest absolute Gasteiger partial charge is 0.383 e. The highest BCUT2D eigenvalue weighted by Crippen LogP contribution is 2.32. The Morgan fingerprint density at radius 3 is 2.62 bits per heavy atom. The van der Waals surface area contributed by atoms with Crippen LogP contribution in [0.4, 0.5) is 5.13 Å². The number of methoxy groups -OCH3 is 1. The maximum atomic E-state index is 13.0. The zero-order chi connectivity index (χ0) is 20.4. The minimum Gasteiger partial charge on any atom is -0.383 e. The van der Waals surface area contributed by atoms with Gasteiger partial charge in [0.1, 0.15) is 0 Å². The fraction of sp³-hybridized carbons (Fsp3) is 0.227. The van der Waals surface area contributed by atoms with Crippen molar-refractivity contribution in [1.29, 1.82) is 0 Å². The highest BCUT2D eigenvalue weighted by molar-refractivity contribution is 7.22. The summed E-state index contributed by atoms with van der Waals surface area (Å²) in [6.45, 7) is 5.13. The third-order valence-electron chi connectivity index (χ3n) is 4.92. The van der Waals surface area contributed by atoms with Gasteiger partial charge >= 0.3 is 0 Å². The van der Waals surface area contributed by atoms with Gasteiger partial charge in [-0.15, -0.1) is 0 Å². The Morgan fingerprint density at radius 2 is 1.90 bits per heavy atom. The molecule has 0 saturated carbocycles. The third-order valence-corrected chi connectivity index (χ3v) is 5.98. The summed E-state index contributed by atoms with van der Waals surface area (Å²) in [7, 11) is 1.60. The quantitative estimate of drug-likeness (QED) is 0.598. The van der Waals surface area contributed by atoms with Crippen LogP contribution >= 0.6 is 11.3 Å². The van der Waals surface area contributed by atoms with Crippen LogP contribution < -0.4 is 4.90 Å². The lowest BCUT2D eigenvalue weighted by Crippen LogP contribution is -2.36. The van der Waals surface area contributed by atoms with Crippen molar-refractivity contribution >= 4 is 44.2 Å². The summed E-state index contributed by atoms with van der Waals surface area (Å²) in [4.78, 5) is 33.5. The summed E-state index contributed by atoms with van der Waals surface area (Å²) in [5.74, 6) is -0.209. The van der Waals surface area contributed by atoms with Crippen LogP contribution in [0.15, 0.2) is 55.1 Å². The summed E-state index contributed by atoms with van der Waals surface area (Å²) < 4.78 is 6.20. The molecular formula is C22H21N3O3S. The molecule has 7 heteroatoms. The fourth-order valence-corrected chi connectivity index (χ4v) is 4.41. The van der Waals surface area contributed by atoms with Crippen LogP contribution in [0.3, 0.4) is 0 Å². The van der Waals surface area contributed by atoms with Gasteiger partial charge in [0.2, 0.25) is 5.91 Å². The second-order valence-electron chi connectivity index (χ2n) is 6.70. The molecule has 0 spiro atoms. The maximum Gasteiger partial charge on any atom is 0.258 e. The third kappa shape index (κ3) is 3.66. The highest BCUT2D eigenvalue weighted by atomic mass is 32.1.